The Morgan fingerprint density at radius 2 is 1.33 bits per heavy atom. The molecule has 3 fully saturated rings. The summed E-state index contributed by atoms with van der Waals surface area (Å²) in [6.45, 7) is 24.1. The van der Waals surface area contributed by atoms with Crippen LogP contribution in [0.1, 0.15) is 104 Å². The molecule has 8 heteroatoms. The number of nitrogens with zero attached hydrogens (tertiary/aromatic N) is 1. The summed E-state index contributed by atoms with van der Waals surface area (Å²) in [4.78, 5) is 4.84. The molecular formula is C38H57N3O5. The maximum Gasteiger partial charge on any atom is 0.285 e. The summed E-state index contributed by atoms with van der Waals surface area (Å²) in [5, 5.41) is 7.24. The largest absolute Gasteiger partial charge is 0.461 e. The van der Waals surface area contributed by atoms with Crippen molar-refractivity contribution < 1.29 is 23.7 Å². The van der Waals surface area contributed by atoms with Crippen LogP contribution in [0.5, 0.6) is 0 Å². The van der Waals surface area contributed by atoms with Crippen LogP contribution in [-0.4, -0.2) is 74.8 Å². The van der Waals surface area contributed by atoms with Crippen LogP contribution in [0, 0.1) is 0 Å². The summed E-state index contributed by atoms with van der Waals surface area (Å²) >= 11 is 0. The highest BCUT2D eigenvalue weighted by Gasteiger charge is 2.37. The first kappa shape index (κ1) is 34.8. The number of nitrogens with one attached hydrogen (secondary N) is 2. The average Bonchev–Trinajstić information content (AvgIpc) is 3.67. The van der Waals surface area contributed by atoms with Crippen molar-refractivity contribution >= 4 is 6.02 Å². The molecule has 8 nitrogen and oxygen atoms in total. The Bertz CT molecular complexity index is 1270. The van der Waals surface area contributed by atoms with E-state index in [0.717, 1.165) is 13.0 Å². The molecule has 0 saturated carbocycles. The van der Waals surface area contributed by atoms with Crippen LogP contribution in [0.2, 0.25) is 0 Å². The van der Waals surface area contributed by atoms with E-state index in [4.69, 9.17) is 28.7 Å². The van der Waals surface area contributed by atoms with E-state index in [-0.39, 0.29) is 41.1 Å². The molecular weight excluding hydrogens is 578 g/mol. The van der Waals surface area contributed by atoms with Crippen molar-refractivity contribution in [1.29, 1.82) is 0 Å². The summed E-state index contributed by atoms with van der Waals surface area (Å²) < 4.78 is 30.2. The van der Waals surface area contributed by atoms with Crippen molar-refractivity contribution in [3.8, 4) is 0 Å². The number of rotatable bonds is 8. The molecule has 2 N–H and O–H groups in total. The molecule has 3 aliphatic rings. The van der Waals surface area contributed by atoms with Gasteiger partial charge in [0.05, 0.1) is 19.8 Å². The van der Waals surface area contributed by atoms with E-state index >= 15 is 0 Å². The monoisotopic (exact) mass is 635 g/mol. The van der Waals surface area contributed by atoms with Crippen LogP contribution in [0.4, 0.5) is 0 Å². The van der Waals surface area contributed by atoms with Crippen molar-refractivity contribution in [2.45, 2.75) is 128 Å². The Balaban J connectivity index is 1.33. The van der Waals surface area contributed by atoms with Gasteiger partial charge in [0.2, 0.25) is 0 Å². The predicted molar refractivity (Wildman–Crippen MR) is 184 cm³/mol. The third-order valence-electron chi connectivity index (χ3n) is 9.13. The molecule has 3 heterocycles. The highest BCUT2D eigenvalue weighted by Crippen LogP contribution is 2.36. The van der Waals surface area contributed by atoms with Gasteiger partial charge in [0.25, 0.3) is 6.02 Å². The van der Waals surface area contributed by atoms with Crippen molar-refractivity contribution in [2.24, 2.45) is 4.99 Å². The molecule has 46 heavy (non-hydrogen) atoms. The molecule has 2 aromatic carbocycles. The van der Waals surface area contributed by atoms with Gasteiger partial charge in [-0.25, -0.2) is 4.99 Å². The summed E-state index contributed by atoms with van der Waals surface area (Å²) in [5.41, 5.74) is 5.50. The normalized spacial score (nSPS) is 26.5. The van der Waals surface area contributed by atoms with Gasteiger partial charge < -0.3 is 34.3 Å². The second-order valence-electron chi connectivity index (χ2n) is 16.1. The second kappa shape index (κ2) is 13.6. The number of amidine groups is 1. The van der Waals surface area contributed by atoms with Crippen LogP contribution in [-0.2, 0) is 34.5 Å². The van der Waals surface area contributed by atoms with Crippen LogP contribution < -0.4 is 10.6 Å². The zero-order chi connectivity index (χ0) is 33.3. The van der Waals surface area contributed by atoms with Crippen molar-refractivity contribution in [1.82, 2.24) is 10.6 Å². The standard InChI is InChI=1S/C38H57N3O5/c1-35(2,3)27-15-11-25(12-16-27)33(26-13-17-28(18-14-26)36(4,5)6)32-19-29(20-39-32)44-34(40-21-30-23-42-37(7,8)45-30)41-22-31-24-43-38(9,10)46-31/h11-18,29-33,39H,19-24H2,1-10H3,(H,40,41)/t29-,30?,31?,32?/m1/s1. The van der Waals surface area contributed by atoms with Gasteiger partial charge in [0.15, 0.2) is 11.6 Å². The Hall–Kier alpha value is -2.49. The number of aliphatic imine (C=N–C) groups is 1. The molecule has 2 aromatic rings. The summed E-state index contributed by atoms with van der Waals surface area (Å²) in [5.74, 6) is -0.996. The molecule has 3 unspecified atom stereocenters. The molecule has 0 aliphatic carbocycles. The zero-order valence-electron chi connectivity index (χ0n) is 29.7. The fourth-order valence-electron chi connectivity index (χ4n) is 6.51. The minimum Gasteiger partial charge on any atom is -0.461 e. The lowest BCUT2D eigenvalue weighted by atomic mass is 9.80. The summed E-state index contributed by atoms with van der Waals surface area (Å²) in [7, 11) is 0. The number of ether oxygens (including phenoxy) is 5. The molecule has 4 atom stereocenters. The van der Waals surface area contributed by atoms with Crippen LogP contribution in [0.25, 0.3) is 0 Å². The Morgan fingerprint density at radius 3 is 1.78 bits per heavy atom. The van der Waals surface area contributed by atoms with Crippen molar-refractivity contribution in [2.75, 3.05) is 32.8 Å². The molecule has 0 aromatic heterocycles. The fraction of sp³-hybridized carbons (Fsp3) is 0.658. The van der Waals surface area contributed by atoms with Gasteiger partial charge in [-0.3, -0.25) is 0 Å². The van der Waals surface area contributed by atoms with Gasteiger partial charge in [-0.1, -0.05) is 90.1 Å². The van der Waals surface area contributed by atoms with Gasteiger partial charge in [-0.2, -0.15) is 0 Å². The zero-order valence-corrected chi connectivity index (χ0v) is 29.7. The number of hydrogen-bond acceptors (Lipinski definition) is 7. The van der Waals surface area contributed by atoms with Gasteiger partial charge in [-0.15, -0.1) is 0 Å². The number of benzene rings is 2. The van der Waals surface area contributed by atoms with Gasteiger partial charge >= 0.3 is 0 Å². The van der Waals surface area contributed by atoms with E-state index in [1.807, 2.05) is 27.7 Å². The smallest absolute Gasteiger partial charge is 0.285 e. The van der Waals surface area contributed by atoms with Crippen LogP contribution in [0.15, 0.2) is 53.5 Å². The van der Waals surface area contributed by atoms with Crippen molar-refractivity contribution in [3.63, 3.8) is 0 Å². The molecule has 0 bridgehead atoms. The maximum atomic E-state index is 6.60. The molecule has 5 rings (SSSR count). The first-order valence-electron chi connectivity index (χ1n) is 17.0. The lowest BCUT2D eigenvalue weighted by molar-refractivity contribution is -0.137. The first-order chi connectivity index (χ1) is 21.5. The van der Waals surface area contributed by atoms with E-state index in [9.17, 15) is 0 Å². The molecule has 3 saturated heterocycles. The van der Waals surface area contributed by atoms with E-state index in [0.29, 0.717) is 32.3 Å². The highest BCUT2D eigenvalue weighted by atomic mass is 16.7. The number of hydrogen-bond donors (Lipinski definition) is 2. The lowest BCUT2D eigenvalue weighted by Gasteiger charge is -2.27. The molecule has 3 aliphatic heterocycles. The second-order valence-corrected chi connectivity index (χ2v) is 16.1. The summed E-state index contributed by atoms with van der Waals surface area (Å²) in [6, 6.07) is 19.1. The quantitative estimate of drug-likeness (QED) is 0.256. The first-order valence-corrected chi connectivity index (χ1v) is 17.0. The molecule has 0 spiro atoms. The van der Waals surface area contributed by atoms with Crippen molar-refractivity contribution in [3.05, 3.63) is 70.8 Å². The third-order valence-corrected chi connectivity index (χ3v) is 9.13. The van der Waals surface area contributed by atoms with Gasteiger partial charge in [0.1, 0.15) is 18.3 Å². The molecule has 0 amide bonds. The highest BCUT2D eigenvalue weighted by molar-refractivity contribution is 5.74. The topological polar surface area (TPSA) is 82.6 Å². The lowest BCUT2D eigenvalue weighted by Crippen LogP contribution is -2.38. The van der Waals surface area contributed by atoms with Gasteiger partial charge in [0, 0.05) is 31.5 Å². The van der Waals surface area contributed by atoms with Gasteiger partial charge in [-0.05, 0) is 60.8 Å². The van der Waals surface area contributed by atoms with E-state index in [1.165, 1.54) is 22.3 Å². The predicted octanol–water partition coefficient (Wildman–Crippen LogP) is 6.41. The Morgan fingerprint density at radius 1 is 0.826 bits per heavy atom. The van der Waals surface area contributed by atoms with Crippen LogP contribution in [0.3, 0.4) is 0 Å². The summed E-state index contributed by atoms with van der Waals surface area (Å²) in [6.07, 6.45) is 0.599. The van der Waals surface area contributed by atoms with E-state index in [1.54, 1.807) is 0 Å². The van der Waals surface area contributed by atoms with E-state index in [2.05, 4.69) is 101 Å². The van der Waals surface area contributed by atoms with Crippen LogP contribution >= 0.6 is 0 Å². The average molecular weight is 636 g/mol. The minimum atomic E-state index is -0.594. The maximum absolute atomic E-state index is 6.60. The molecule has 0 radical (unpaired) electrons. The Kier molecular flexibility index (Phi) is 10.3. The minimum absolute atomic E-state index is 0.0455. The Labute approximate surface area is 277 Å². The SMILES string of the molecule is CC1(C)OCC(CN=C(NCC2COC(C)(C)O2)O[C@H]2CNC(C(c3ccc(C(C)(C)C)cc3)c3ccc(C(C)(C)C)cc3)C2)O1. The van der Waals surface area contributed by atoms with E-state index < -0.39 is 11.6 Å². The molecule has 254 valence electrons. The fourth-order valence-corrected chi connectivity index (χ4v) is 6.51. The third kappa shape index (κ3) is 9.10.